The quantitative estimate of drug-likeness (QED) is 0.866. The van der Waals surface area contributed by atoms with Crippen LogP contribution in [-0.2, 0) is 34.1 Å². The molecule has 1 aliphatic carbocycles. The first kappa shape index (κ1) is 12.1. The first-order chi connectivity index (χ1) is 7.94. The van der Waals surface area contributed by atoms with Gasteiger partial charge in [-0.2, -0.15) is 0 Å². The molecule has 1 aliphatic rings. The maximum Gasteiger partial charge on any atom is 0.237 e. The van der Waals surface area contributed by atoms with E-state index in [4.69, 9.17) is 0 Å². The summed E-state index contributed by atoms with van der Waals surface area (Å²) in [7, 11) is -3.45. The van der Waals surface area contributed by atoms with E-state index in [1.54, 1.807) is 0 Å². The van der Waals surface area contributed by atoms with Crippen molar-refractivity contribution in [1.82, 2.24) is 4.72 Å². The zero-order valence-corrected chi connectivity index (χ0v) is 10.5. The normalized spacial score (nSPS) is 14.4. The lowest BCUT2D eigenvalue weighted by molar-refractivity contribution is -0.118. The van der Waals surface area contributed by atoms with Gasteiger partial charge in [-0.25, -0.2) is 8.42 Å². The number of fused-ring (bicyclic) bond motifs is 1. The molecule has 1 aromatic carbocycles. The van der Waals surface area contributed by atoms with Crippen molar-refractivity contribution in [3.05, 3.63) is 34.9 Å². The first-order valence-corrected chi connectivity index (χ1v) is 7.44. The standard InChI is InChI=1S/C12H15NO3S/c1-17(15,16)13-12(14)8-9-5-6-10-3-2-4-11(10)7-9/h5-7H,2-4,8H2,1H3,(H,13,14). The summed E-state index contributed by atoms with van der Waals surface area (Å²) in [6.07, 6.45) is 4.41. The third-order valence-corrected chi connectivity index (χ3v) is 3.43. The fourth-order valence-electron chi connectivity index (χ4n) is 2.16. The molecule has 0 saturated carbocycles. The van der Waals surface area contributed by atoms with E-state index in [9.17, 15) is 13.2 Å². The second kappa shape index (κ2) is 4.49. The lowest BCUT2D eigenvalue weighted by atomic mass is 10.0. The van der Waals surface area contributed by atoms with E-state index in [-0.39, 0.29) is 6.42 Å². The van der Waals surface area contributed by atoms with Gasteiger partial charge >= 0.3 is 0 Å². The average Bonchev–Trinajstić information content (AvgIpc) is 2.61. The van der Waals surface area contributed by atoms with Crippen LogP contribution in [0, 0.1) is 0 Å². The Bertz CT molecular complexity index is 549. The highest BCUT2D eigenvalue weighted by atomic mass is 32.2. The van der Waals surface area contributed by atoms with Crippen LogP contribution in [0.2, 0.25) is 0 Å². The summed E-state index contributed by atoms with van der Waals surface area (Å²) in [4.78, 5) is 11.4. The summed E-state index contributed by atoms with van der Waals surface area (Å²) >= 11 is 0. The molecule has 0 unspecified atom stereocenters. The van der Waals surface area contributed by atoms with Crippen molar-refractivity contribution >= 4 is 15.9 Å². The van der Waals surface area contributed by atoms with E-state index in [1.165, 1.54) is 11.1 Å². The van der Waals surface area contributed by atoms with Crippen LogP contribution >= 0.6 is 0 Å². The van der Waals surface area contributed by atoms with Crippen LogP contribution in [0.5, 0.6) is 0 Å². The van der Waals surface area contributed by atoms with Crippen LogP contribution in [0.15, 0.2) is 18.2 Å². The Balaban J connectivity index is 2.07. The maximum absolute atomic E-state index is 11.4. The minimum absolute atomic E-state index is 0.111. The molecule has 1 amide bonds. The predicted octanol–water partition coefficient (Wildman–Crippen LogP) is 0.794. The number of aryl methyl sites for hydroxylation is 2. The van der Waals surface area contributed by atoms with Gasteiger partial charge in [0.25, 0.3) is 0 Å². The number of carbonyl (C=O) groups excluding carboxylic acids is 1. The Kier molecular flexibility index (Phi) is 3.19. The van der Waals surface area contributed by atoms with Gasteiger partial charge in [0.05, 0.1) is 12.7 Å². The number of carbonyl (C=O) groups is 1. The van der Waals surface area contributed by atoms with Gasteiger partial charge in [0, 0.05) is 0 Å². The Hall–Kier alpha value is -1.36. The zero-order chi connectivity index (χ0) is 12.5. The van der Waals surface area contributed by atoms with E-state index in [0.717, 1.165) is 31.1 Å². The second-order valence-corrected chi connectivity index (χ2v) is 6.18. The van der Waals surface area contributed by atoms with Crippen LogP contribution in [-0.4, -0.2) is 20.6 Å². The highest BCUT2D eigenvalue weighted by Gasteiger charge is 2.13. The van der Waals surface area contributed by atoms with Gasteiger partial charge in [0.1, 0.15) is 0 Å². The lowest BCUT2D eigenvalue weighted by Gasteiger charge is -2.05. The van der Waals surface area contributed by atoms with Crippen LogP contribution in [0.4, 0.5) is 0 Å². The van der Waals surface area contributed by atoms with Crippen molar-refractivity contribution in [2.75, 3.05) is 6.26 Å². The van der Waals surface area contributed by atoms with E-state index in [2.05, 4.69) is 0 Å². The topological polar surface area (TPSA) is 63.2 Å². The summed E-state index contributed by atoms with van der Waals surface area (Å²) in [6.45, 7) is 0. The second-order valence-electron chi connectivity index (χ2n) is 4.43. The number of benzene rings is 1. The SMILES string of the molecule is CS(=O)(=O)NC(=O)Cc1ccc2c(c1)CCC2. The van der Waals surface area contributed by atoms with Gasteiger partial charge in [0.15, 0.2) is 0 Å². The molecule has 0 bridgehead atoms. The number of sulfonamides is 1. The van der Waals surface area contributed by atoms with Gasteiger partial charge in [-0.1, -0.05) is 18.2 Å². The van der Waals surface area contributed by atoms with Crippen LogP contribution in [0.25, 0.3) is 0 Å². The third kappa shape index (κ3) is 3.30. The number of hydrogen-bond acceptors (Lipinski definition) is 3. The Morgan fingerprint density at radius 1 is 1.29 bits per heavy atom. The molecule has 0 saturated heterocycles. The van der Waals surface area contributed by atoms with E-state index in [1.807, 2.05) is 22.9 Å². The fourth-order valence-corrected chi connectivity index (χ4v) is 2.65. The molecule has 2 rings (SSSR count). The Morgan fingerprint density at radius 2 is 2.00 bits per heavy atom. The summed E-state index contributed by atoms with van der Waals surface area (Å²) < 4.78 is 23.7. The van der Waals surface area contributed by atoms with Crippen molar-refractivity contribution in [3.63, 3.8) is 0 Å². The van der Waals surface area contributed by atoms with Crippen molar-refractivity contribution in [2.45, 2.75) is 25.7 Å². The molecule has 5 heteroatoms. The molecular weight excluding hydrogens is 238 g/mol. The number of rotatable bonds is 3. The van der Waals surface area contributed by atoms with Gasteiger partial charge < -0.3 is 0 Å². The smallest absolute Gasteiger partial charge is 0.237 e. The van der Waals surface area contributed by atoms with Crippen LogP contribution < -0.4 is 4.72 Å². The molecule has 0 atom stereocenters. The van der Waals surface area contributed by atoms with Crippen molar-refractivity contribution in [3.8, 4) is 0 Å². The first-order valence-electron chi connectivity index (χ1n) is 5.55. The van der Waals surface area contributed by atoms with Crippen molar-refractivity contribution in [2.24, 2.45) is 0 Å². The monoisotopic (exact) mass is 253 g/mol. The molecule has 17 heavy (non-hydrogen) atoms. The summed E-state index contributed by atoms with van der Waals surface area (Å²) in [5.41, 5.74) is 3.50. The average molecular weight is 253 g/mol. The minimum Gasteiger partial charge on any atom is -0.274 e. The van der Waals surface area contributed by atoms with Gasteiger partial charge in [-0.15, -0.1) is 0 Å². The molecule has 0 heterocycles. The van der Waals surface area contributed by atoms with Crippen LogP contribution in [0.3, 0.4) is 0 Å². The molecule has 92 valence electrons. The highest BCUT2D eigenvalue weighted by molar-refractivity contribution is 7.89. The van der Waals surface area contributed by atoms with Gasteiger partial charge in [0.2, 0.25) is 15.9 Å². The lowest BCUT2D eigenvalue weighted by Crippen LogP contribution is -2.30. The molecule has 0 radical (unpaired) electrons. The third-order valence-electron chi connectivity index (χ3n) is 2.83. The zero-order valence-electron chi connectivity index (χ0n) is 9.69. The molecule has 0 aliphatic heterocycles. The molecular formula is C12H15NO3S. The van der Waals surface area contributed by atoms with Gasteiger partial charge in [-0.05, 0) is 36.0 Å². The summed E-state index contributed by atoms with van der Waals surface area (Å²) in [5, 5.41) is 0. The Morgan fingerprint density at radius 3 is 2.71 bits per heavy atom. The maximum atomic E-state index is 11.4. The number of hydrogen-bond donors (Lipinski definition) is 1. The predicted molar refractivity (Wildman–Crippen MR) is 65.2 cm³/mol. The molecule has 0 spiro atoms. The minimum atomic E-state index is -3.45. The van der Waals surface area contributed by atoms with E-state index in [0.29, 0.717) is 0 Å². The summed E-state index contributed by atoms with van der Waals surface area (Å²) in [5.74, 6) is -0.481. The van der Waals surface area contributed by atoms with E-state index < -0.39 is 15.9 Å². The summed E-state index contributed by atoms with van der Waals surface area (Å²) in [6, 6.07) is 5.93. The molecule has 1 N–H and O–H groups in total. The van der Waals surface area contributed by atoms with Crippen molar-refractivity contribution in [1.29, 1.82) is 0 Å². The molecule has 0 fully saturated rings. The van der Waals surface area contributed by atoms with Gasteiger partial charge in [-0.3, -0.25) is 9.52 Å². The largest absolute Gasteiger partial charge is 0.274 e. The fraction of sp³-hybridized carbons (Fsp3) is 0.417. The highest BCUT2D eigenvalue weighted by Crippen LogP contribution is 2.22. The molecule has 4 nitrogen and oxygen atoms in total. The number of amides is 1. The Labute approximate surface area is 101 Å². The molecule has 0 aromatic heterocycles. The van der Waals surface area contributed by atoms with E-state index >= 15 is 0 Å². The molecule has 1 aromatic rings. The van der Waals surface area contributed by atoms with Crippen LogP contribution in [0.1, 0.15) is 23.1 Å². The van der Waals surface area contributed by atoms with Crippen molar-refractivity contribution < 1.29 is 13.2 Å². The number of nitrogens with one attached hydrogen (secondary N) is 1.